The lowest BCUT2D eigenvalue weighted by Crippen LogP contribution is -2.09. The van der Waals surface area contributed by atoms with Crippen LogP contribution in [0, 0.1) is 6.92 Å². The Balaban J connectivity index is 1.84. The highest BCUT2D eigenvalue weighted by molar-refractivity contribution is 5.97. The molecule has 0 atom stereocenters. The van der Waals surface area contributed by atoms with Gasteiger partial charge in [0.15, 0.2) is 5.82 Å². The SMILES string of the molecule is CCOC(=O)c1ccccc1Nc1nc2ccc(C)cc2n2cnnc12. The Kier molecular flexibility index (Phi) is 3.96. The predicted octanol–water partition coefficient (Wildman–Crippen LogP) is 3.51. The molecule has 4 rings (SSSR count). The zero-order valence-electron chi connectivity index (χ0n) is 14.4. The molecule has 0 fully saturated rings. The van der Waals surface area contributed by atoms with E-state index in [1.54, 1.807) is 31.5 Å². The number of anilines is 2. The summed E-state index contributed by atoms with van der Waals surface area (Å²) in [5.41, 5.74) is 4.49. The third-order valence-corrected chi connectivity index (χ3v) is 4.06. The van der Waals surface area contributed by atoms with Crippen molar-refractivity contribution in [2.45, 2.75) is 13.8 Å². The molecule has 0 spiro atoms. The maximum atomic E-state index is 12.2. The highest BCUT2D eigenvalue weighted by Gasteiger charge is 2.15. The number of nitrogens with zero attached hydrogens (tertiary/aromatic N) is 4. The van der Waals surface area contributed by atoms with Crippen molar-refractivity contribution >= 4 is 34.2 Å². The summed E-state index contributed by atoms with van der Waals surface area (Å²) in [6, 6.07) is 13.1. The number of aromatic nitrogens is 4. The van der Waals surface area contributed by atoms with Crippen LogP contribution in [0.2, 0.25) is 0 Å². The second-order valence-corrected chi connectivity index (χ2v) is 5.87. The van der Waals surface area contributed by atoms with Crippen molar-refractivity contribution in [2.24, 2.45) is 0 Å². The fraction of sp³-hybridized carbons (Fsp3) is 0.158. The highest BCUT2D eigenvalue weighted by Crippen LogP contribution is 2.26. The lowest BCUT2D eigenvalue weighted by Gasteiger charge is -2.12. The van der Waals surface area contributed by atoms with Crippen LogP contribution < -0.4 is 5.32 Å². The molecule has 0 aliphatic carbocycles. The van der Waals surface area contributed by atoms with E-state index in [2.05, 4.69) is 20.5 Å². The molecule has 0 unspecified atom stereocenters. The van der Waals surface area contributed by atoms with Crippen LogP contribution in [0.25, 0.3) is 16.7 Å². The fourth-order valence-corrected chi connectivity index (χ4v) is 2.85. The van der Waals surface area contributed by atoms with Gasteiger partial charge in [-0.15, -0.1) is 10.2 Å². The number of para-hydroxylation sites is 1. The third-order valence-electron chi connectivity index (χ3n) is 4.06. The zero-order valence-corrected chi connectivity index (χ0v) is 14.4. The number of hydrogen-bond donors (Lipinski definition) is 1. The van der Waals surface area contributed by atoms with Crippen LogP contribution in [0.4, 0.5) is 11.5 Å². The molecule has 2 heterocycles. The van der Waals surface area contributed by atoms with Crippen LogP contribution in [0.5, 0.6) is 0 Å². The number of carbonyl (C=O) groups is 1. The van der Waals surface area contributed by atoms with E-state index in [4.69, 9.17) is 4.74 Å². The molecule has 0 saturated carbocycles. The molecule has 4 aromatic rings. The number of benzene rings is 2. The van der Waals surface area contributed by atoms with Crippen molar-refractivity contribution in [1.29, 1.82) is 0 Å². The van der Waals surface area contributed by atoms with E-state index in [0.717, 1.165) is 16.6 Å². The molecule has 0 radical (unpaired) electrons. The van der Waals surface area contributed by atoms with Gasteiger partial charge in [-0.2, -0.15) is 0 Å². The number of fused-ring (bicyclic) bond motifs is 3. The maximum Gasteiger partial charge on any atom is 0.340 e. The monoisotopic (exact) mass is 347 g/mol. The zero-order chi connectivity index (χ0) is 18.1. The molecule has 130 valence electrons. The van der Waals surface area contributed by atoms with E-state index in [1.807, 2.05) is 35.6 Å². The Bertz CT molecular complexity index is 1120. The van der Waals surface area contributed by atoms with Crippen LogP contribution in [-0.4, -0.2) is 32.2 Å². The largest absolute Gasteiger partial charge is 0.462 e. The number of carbonyl (C=O) groups excluding carboxylic acids is 1. The molecule has 2 aromatic heterocycles. The molecule has 0 aliphatic heterocycles. The minimum atomic E-state index is -0.385. The maximum absolute atomic E-state index is 12.2. The number of nitrogens with one attached hydrogen (secondary N) is 1. The Hall–Kier alpha value is -3.48. The Morgan fingerprint density at radius 2 is 2.08 bits per heavy atom. The predicted molar refractivity (Wildman–Crippen MR) is 98.7 cm³/mol. The van der Waals surface area contributed by atoms with E-state index >= 15 is 0 Å². The summed E-state index contributed by atoms with van der Waals surface area (Å²) in [6.07, 6.45) is 1.65. The van der Waals surface area contributed by atoms with Gasteiger partial charge in [0.1, 0.15) is 6.33 Å². The summed E-state index contributed by atoms with van der Waals surface area (Å²) >= 11 is 0. The molecular weight excluding hydrogens is 330 g/mol. The average molecular weight is 347 g/mol. The summed E-state index contributed by atoms with van der Waals surface area (Å²) < 4.78 is 7.01. The minimum Gasteiger partial charge on any atom is -0.462 e. The van der Waals surface area contributed by atoms with E-state index in [-0.39, 0.29) is 5.97 Å². The fourth-order valence-electron chi connectivity index (χ4n) is 2.85. The van der Waals surface area contributed by atoms with Crippen LogP contribution >= 0.6 is 0 Å². The summed E-state index contributed by atoms with van der Waals surface area (Å²) in [4.78, 5) is 16.9. The lowest BCUT2D eigenvalue weighted by atomic mass is 10.1. The van der Waals surface area contributed by atoms with Gasteiger partial charge in [-0.3, -0.25) is 4.40 Å². The molecule has 0 saturated heterocycles. The van der Waals surface area contributed by atoms with Crippen LogP contribution in [0.15, 0.2) is 48.8 Å². The molecule has 0 aliphatic rings. The molecule has 2 aromatic carbocycles. The van der Waals surface area contributed by atoms with Gasteiger partial charge >= 0.3 is 5.97 Å². The first-order valence-corrected chi connectivity index (χ1v) is 8.30. The Labute approximate surface area is 149 Å². The van der Waals surface area contributed by atoms with Crippen molar-refractivity contribution in [1.82, 2.24) is 19.6 Å². The number of esters is 1. The molecule has 0 bridgehead atoms. The van der Waals surface area contributed by atoms with Crippen LogP contribution in [0.1, 0.15) is 22.8 Å². The normalized spacial score (nSPS) is 11.0. The van der Waals surface area contributed by atoms with Crippen molar-refractivity contribution in [2.75, 3.05) is 11.9 Å². The highest BCUT2D eigenvalue weighted by atomic mass is 16.5. The van der Waals surface area contributed by atoms with Gasteiger partial charge in [0.25, 0.3) is 0 Å². The first kappa shape index (κ1) is 16.0. The summed E-state index contributed by atoms with van der Waals surface area (Å²) in [6.45, 7) is 4.12. The van der Waals surface area contributed by atoms with Crippen molar-refractivity contribution in [3.63, 3.8) is 0 Å². The van der Waals surface area contributed by atoms with E-state index in [9.17, 15) is 4.79 Å². The van der Waals surface area contributed by atoms with Gasteiger partial charge < -0.3 is 10.1 Å². The van der Waals surface area contributed by atoms with Gasteiger partial charge in [0.2, 0.25) is 5.65 Å². The summed E-state index contributed by atoms with van der Waals surface area (Å²) in [5.74, 6) is 0.139. The summed E-state index contributed by atoms with van der Waals surface area (Å²) in [5, 5.41) is 11.4. The smallest absolute Gasteiger partial charge is 0.340 e. The third kappa shape index (κ3) is 2.73. The van der Waals surface area contributed by atoms with E-state index < -0.39 is 0 Å². The van der Waals surface area contributed by atoms with Gasteiger partial charge in [0, 0.05) is 0 Å². The first-order chi connectivity index (χ1) is 12.7. The number of ether oxygens (including phenoxy) is 1. The van der Waals surface area contributed by atoms with Crippen molar-refractivity contribution in [3.8, 4) is 0 Å². The quantitative estimate of drug-likeness (QED) is 0.569. The van der Waals surface area contributed by atoms with E-state index in [1.165, 1.54) is 0 Å². The second kappa shape index (κ2) is 6.44. The summed E-state index contributed by atoms with van der Waals surface area (Å²) in [7, 11) is 0. The molecule has 1 N–H and O–H groups in total. The van der Waals surface area contributed by atoms with Gasteiger partial charge in [-0.25, -0.2) is 9.78 Å². The van der Waals surface area contributed by atoms with Gasteiger partial charge in [-0.05, 0) is 43.7 Å². The molecule has 26 heavy (non-hydrogen) atoms. The van der Waals surface area contributed by atoms with Gasteiger partial charge in [-0.1, -0.05) is 18.2 Å². The van der Waals surface area contributed by atoms with Crippen LogP contribution in [-0.2, 0) is 4.74 Å². The number of aryl methyl sites for hydroxylation is 1. The molecule has 7 heteroatoms. The molecular formula is C19H17N5O2. The van der Waals surface area contributed by atoms with Crippen molar-refractivity contribution < 1.29 is 9.53 Å². The average Bonchev–Trinajstić information content (AvgIpc) is 3.13. The second-order valence-electron chi connectivity index (χ2n) is 5.87. The van der Waals surface area contributed by atoms with Gasteiger partial charge in [0.05, 0.1) is 28.9 Å². The Morgan fingerprint density at radius 1 is 1.23 bits per heavy atom. The Morgan fingerprint density at radius 3 is 2.92 bits per heavy atom. The standard InChI is InChI=1S/C19H17N5O2/c1-3-26-19(25)13-6-4-5-7-14(13)21-17-18-23-20-11-24(18)16-10-12(2)8-9-15(16)22-17/h4-11H,3H2,1-2H3,(H,21,22). The molecule has 7 nitrogen and oxygen atoms in total. The molecule has 0 amide bonds. The first-order valence-electron chi connectivity index (χ1n) is 8.30. The van der Waals surface area contributed by atoms with Crippen molar-refractivity contribution in [3.05, 3.63) is 59.9 Å². The number of rotatable bonds is 4. The number of hydrogen-bond acceptors (Lipinski definition) is 6. The topological polar surface area (TPSA) is 81.4 Å². The van der Waals surface area contributed by atoms with E-state index in [0.29, 0.717) is 29.3 Å². The van der Waals surface area contributed by atoms with Crippen LogP contribution in [0.3, 0.4) is 0 Å². The minimum absolute atomic E-state index is 0.315. The lowest BCUT2D eigenvalue weighted by molar-refractivity contribution is 0.0527.